The monoisotopic (exact) mass is 440 g/mol. The van der Waals surface area contributed by atoms with E-state index in [9.17, 15) is 8.42 Å². The zero-order chi connectivity index (χ0) is 20.1. The van der Waals surface area contributed by atoms with E-state index in [-0.39, 0.29) is 24.6 Å². The molecule has 1 fully saturated rings. The molecule has 8 heteroatoms. The van der Waals surface area contributed by atoms with E-state index in [4.69, 9.17) is 9.47 Å². The zero-order valence-electron chi connectivity index (χ0n) is 17.0. The molecule has 3 rings (SSSR count). The third-order valence-electron chi connectivity index (χ3n) is 4.89. The van der Waals surface area contributed by atoms with Gasteiger partial charge < -0.3 is 9.47 Å². The number of hydrogen-bond acceptors (Lipinski definition) is 5. The third kappa shape index (κ3) is 6.97. The Balaban J connectivity index is 0.00000300. The molecular formula is C21H29ClN2O4S. The summed E-state index contributed by atoms with van der Waals surface area (Å²) in [5.41, 5.74) is 3.27. The molecule has 1 aliphatic heterocycles. The molecule has 0 saturated carbocycles. The Labute approximate surface area is 179 Å². The molecule has 0 radical (unpaired) electrons. The summed E-state index contributed by atoms with van der Waals surface area (Å²) in [7, 11) is -1.55. The lowest BCUT2D eigenvalue weighted by Gasteiger charge is -2.33. The van der Waals surface area contributed by atoms with Gasteiger partial charge in [-0.15, -0.1) is 12.4 Å². The van der Waals surface area contributed by atoms with Crippen molar-refractivity contribution in [3.63, 3.8) is 0 Å². The first-order valence-electron chi connectivity index (χ1n) is 9.38. The fourth-order valence-electron chi connectivity index (χ4n) is 3.45. The molecule has 0 bridgehead atoms. The van der Waals surface area contributed by atoms with Gasteiger partial charge in [-0.05, 0) is 35.7 Å². The van der Waals surface area contributed by atoms with E-state index in [1.807, 2.05) is 37.3 Å². The number of morpholine rings is 1. The summed E-state index contributed by atoms with van der Waals surface area (Å²) in [6.07, 6.45) is 1.21. The molecule has 29 heavy (non-hydrogen) atoms. The fourth-order valence-corrected chi connectivity index (χ4v) is 4.23. The molecule has 0 amide bonds. The van der Waals surface area contributed by atoms with Gasteiger partial charge in [0.2, 0.25) is 10.0 Å². The van der Waals surface area contributed by atoms with Crippen molar-refractivity contribution in [2.24, 2.45) is 0 Å². The van der Waals surface area contributed by atoms with E-state index in [2.05, 4.69) is 27.8 Å². The Kier molecular flexibility index (Phi) is 8.48. The average molecular weight is 441 g/mol. The maximum absolute atomic E-state index is 11.4. The molecule has 0 aliphatic carbocycles. The Bertz CT molecular complexity index is 890. The predicted octanol–water partition coefficient (Wildman–Crippen LogP) is 3.30. The topological polar surface area (TPSA) is 67.9 Å². The van der Waals surface area contributed by atoms with Crippen LogP contribution in [0.15, 0.2) is 48.5 Å². The lowest BCUT2D eigenvalue weighted by atomic mass is 10.0. The lowest BCUT2D eigenvalue weighted by Crippen LogP contribution is -2.37. The van der Waals surface area contributed by atoms with Crippen LogP contribution in [0, 0.1) is 0 Å². The Morgan fingerprint density at radius 3 is 2.62 bits per heavy atom. The maximum atomic E-state index is 11.4. The highest BCUT2D eigenvalue weighted by atomic mass is 35.5. The smallest absolute Gasteiger partial charge is 0.209 e. The molecule has 2 aromatic rings. The quantitative estimate of drug-likeness (QED) is 0.715. The third-order valence-corrected chi connectivity index (χ3v) is 5.67. The van der Waals surface area contributed by atoms with Crippen LogP contribution in [0.3, 0.4) is 0 Å². The van der Waals surface area contributed by atoms with Gasteiger partial charge in [0.15, 0.2) is 0 Å². The number of methoxy groups -OCH3 is 1. The number of halogens is 1. The number of hydrogen-bond donors (Lipinski definition) is 1. The zero-order valence-corrected chi connectivity index (χ0v) is 18.6. The van der Waals surface area contributed by atoms with Gasteiger partial charge in [0.1, 0.15) is 5.75 Å². The first-order chi connectivity index (χ1) is 13.3. The molecule has 6 nitrogen and oxygen atoms in total. The van der Waals surface area contributed by atoms with E-state index in [1.165, 1.54) is 11.8 Å². The summed E-state index contributed by atoms with van der Waals surface area (Å²) in [6.45, 7) is 5.07. The summed E-state index contributed by atoms with van der Waals surface area (Å²) in [5, 5.41) is 0. The van der Waals surface area contributed by atoms with Crippen molar-refractivity contribution < 1.29 is 17.9 Å². The first-order valence-corrected chi connectivity index (χ1v) is 11.3. The first kappa shape index (κ1) is 23.6. The number of nitrogens with zero attached hydrogens (tertiary/aromatic N) is 1. The van der Waals surface area contributed by atoms with Crippen molar-refractivity contribution in [3.8, 4) is 5.75 Å². The second-order valence-corrected chi connectivity index (χ2v) is 9.00. The van der Waals surface area contributed by atoms with Gasteiger partial charge in [-0.1, -0.05) is 36.4 Å². The van der Waals surface area contributed by atoms with Crippen molar-refractivity contribution >= 4 is 22.4 Å². The van der Waals surface area contributed by atoms with Crippen molar-refractivity contribution in [1.82, 2.24) is 9.62 Å². The lowest BCUT2D eigenvalue weighted by molar-refractivity contribution is -0.0330. The van der Waals surface area contributed by atoms with Crippen LogP contribution in [0.1, 0.15) is 35.8 Å². The van der Waals surface area contributed by atoms with Gasteiger partial charge in [-0.25, -0.2) is 13.1 Å². The van der Waals surface area contributed by atoms with E-state index < -0.39 is 10.0 Å². The molecular weight excluding hydrogens is 412 g/mol. The Morgan fingerprint density at radius 1 is 1.24 bits per heavy atom. The van der Waals surface area contributed by atoms with Crippen LogP contribution < -0.4 is 9.46 Å². The van der Waals surface area contributed by atoms with Gasteiger partial charge in [0.25, 0.3) is 0 Å². The van der Waals surface area contributed by atoms with Crippen LogP contribution in [0.2, 0.25) is 0 Å². The molecule has 160 valence electrons. The van der Waals surface area contributed by atoms with Crippen molar-refractivity contribution in [2.45, 2.75) is 25.6 Å². The van der Waals surface area contributed by atoms with Crippen molar-refractivity contribution in [2.75, 3.05) is 33.1 Å². The molecule has 1 saturated heterocycles. The summed E-state index contributed by atoms with van der Waals surface area (Å²) in [5.74, 6) is 0.839. The molecule has 2 aromatic carbocycles. The highest BCUT2D eigenvalue weighted by Gasteiger charge is 2.22. The van der Waals surface area contributed by atoms with Crippen LogP contribution in [0.4, 0.5) is 0 Å². The average Bonchev–Trinajstić information content (AvgIpc) is 2.67. The second-order valence-electron chi connectivity index (χ2n) is 7.22. The second kappa shape index (κ2) is 10.4. The van der Waals surface area contributed by atoms with Gasteiger partial charge in [0, 0.05) is 25.7 Å². The van der Waals surface area contributed by atoms with Crippen LogP contribution in [0.25, 0.3) is 0 Å². The van der Waals surface area contributed by atoms with Crippen molar-refractivity contribution in [1.29, 1.82) is 0 Å². The van der Waals surface area contributed by atoms with Gasteiger partial charge in [0.05, 0.1) is 26.1 Å². The fraction of sp³-hybridized carbons (Fsp3) is 0.429. The van der Waals surface area contributed by atoms with Crippen LogP contribution in [-0.2, 0) is 21.3 Å². The predicted molar refractivity (Wildman–Crippen MR) is 117 cm³/mol. The molecule has 1 heterocycles. The minimum atomic E-state index is -3.22. The number of sulfonamides is 1. The number of benzene rings is 2. The molecule has 0 aromatic heterocycles. The summed E-state index contributed by atoms with van der Waals surface area (Å²) in [4.78, 5) is 2.38. The van der Waals surface area contributed by atoms with Gasteiger partial charge >= 0.3 is 0 Å². The van der Waals surface area contributed by atoms with Gasteiger partial charge in [-0.2, -0.15) is 0 Å². The van der Waals surface area contributed by atoms with Gasteiger partial charge in [-0.3, -0.25) is 4.90 Å². The molecule has 1 N–H and O–H groups in total. The Hall–Kier alpha value is -1.64. The standard InChI is InChI=1S/C21H28N2O4S.ClH/c1-16(22-28(3,24)25)18-9-7-17(8-10-18)14-23-11-12-27-21(15-23)19-5-4-6-20(13-19)26-2;/h4-10,13,16,21-22H,11-12,14-15H2,1-3H3;1H/t16-,21?;/m1./s1. The van der Waals surface area contributed by atoms with E-state index in [0.29, 0.717) is 6.61 Å². The van der Waals surface area contributed by atoms with Crippen LogP contribution >= 0.6 is 12.4 Å². The van der Waals surface area contributed by atoms with E-state index in [1.54, 1.807) is 7.11 Å². The largest absolute Gasteiger partial charge is 0.497 e. The summed E-state index contributed by atoms with van der Waals surface area (Å²) >= 11 is 0. The highest BCUT2D eigenvalue weighted by molar-refractivity contribution is 7.88. The van der Waals surface area contributed by atoms with Crippen molar-refractivity contribution in [3.05, 3.63) is 65.2 Å². The number of ether oxygens (including phenoxy) is 2. The van der Waals surface area contributed by atoms with Crippen LogP contribution in [-0.4, -0.2) is 46.4 Å². The maximum Gasteiger partial charge on any atom is 0.209 e. The minimum absolute atomic E-state index is 0. The summed E-state index contributed by atoms with van der Waals surface area (Å²) < 4.78 is 36.7. The van der Waals surface area contributed by atoms with E-state index >= 15 is 0 Å². The SMILES string of the molecule is COc1cccc(C2CN(Cc3ccc([C@@H](C)NS(C)(=O)=O)cc3)CCO2)c1.Cl. The summed E-state index contributed by atoms with van der Waals surface area (Å²) in [6, 6.07) is 15.9. The number of nitrogens with one attached hydrogen (secondary N) is 1. The Morgan fingerprint density at radius 2 is 1.97 bits per heavy atom. The van der Waals surface area contributed by atoms with Crippen LogP contribution in [0.5, 0.6) is 5.75 Å². The number of rotatable bonds is 7. The molecule has 1 aliphatic rings. The molecule has 0 spiro atoms. The van der Waals surface area contributed by atoms with E-state index in [0.717, 1.165) is 36.5 Å². The normalized spacial score (nSPS) is 18.7. The minimum Gasteiger partial charge on any atom is -0.497 e. The highest BCUT2D eigenvalue weighted by Crippen LogP contribution is 2.26. The molecule has 1 unspecified atom stereocenters. The molecule has 2 atom stereocenters.